The van der Waals surface area contributed by atoms with Crippen LogP contribution in [0.2, 0.25) is 0 Å². The molecule has 12 heteroatoms. The quantitative estimate of drug-likeness (QED) is 0.221. The van der Waals surface area contributed by atoms with Crippen LogP contribution in [0.4, 0.5) is 0 Å². The summed E-state index contributed by atoms with van der Waals surface area (Å²) in [5, 5.41) is 1.24. The molecule has 3 aromatic heterocycles. The highest BCUT2D eigenvalue weighted by Gasteiger charge is 2.33. The Morgan fingerprint density at radius 3 is 1.69 bits per heavy atom. The topological polar surface area (TPSA) is 113 Å². The van der Waals surface area contributed by atoms with Crippen LogP contribution < -0.4 is 28.4 Å². The molecule has 0 bridgehead atoms. The zero-order valence-electron chi connectivity index (χ0n) is 22.2. The summed E-state index contributed by atoms with van der Waals surface area (Å²) in [7, 11) is -0.433. The van der Waals surface area contributed by atoms with Crippen LogP contribution in [0, 0.1) is 0 Å². The third-order valence-corrected chi connectivity index (χ3v) is 11.8. The van der Waals surface area contributed by atoms with Gasteiger partial charge in [-0.1, -0.05) is 52.2 Å². The fraction of sp³-hybridized carbons (Fsp3) is 0.100. The first-order chi connectivity index (χ1) is 20.2. The smallest absolute Gasteiger partial charge is 0.252 e. The lowest BCUT2D eigenvalue weighted by Gasteiger charge is -2.15. The van der Waals surface area contributed by atoms with Gasteiger partial charge in [0.15, 0.2) is 0 Å². The average molecular weight is 637 g/mol. The molecule has 0 N–H and O–H groups in total. The first kappa shape index (κ1) is 28.0. The van der Waals surface area contributed by atoms with E-state index in [1.54, 1.807) is 54.6 Å². The largest absolute Gasteiger partial charge is 0.496 e. The van der Waals surface area contributed by atoms with E-state index in [1.165, 1.54) is 33.5 Å². The van der Waals surface area contributed by atoms with Crippen LogP contribution in [-0.4, -0.2) is 29.7 Å². The molecule has 0 unspecified atom stereocenters. The SMILES string of the molecule is COc1cccc2sc(=O)c(-c3c(S(=O)(=O)c4cc5c(OC)cccc5sc4=O)c(=O)sc4cccc(OC)c34)cc12. The summed E-state index contributed by atoms with van der Waals surface area (Å²) in [6.45, 7) is 0. The van der Waals surface area contributed by atoms with Crippen molar-refractivity contribution in [1.29, 1.82) is 0 Å². The number of rotatable bonds is 6. The maximum absolute atomic E-state index is 14.5. The molecule has 6 aromatic rings. The lowest BCUT2D eigenvalue weighted by molar-refractivity contribution is 0.419. The average Bonchev–Trinajstić information content (AvgIpc) is 2.98. The van der Waals surface area contributed by atoms with Gasteiger partial charge in [-0.25, -0.2) is 8.42 Å². The predicted molar refractivity (Wildman–Crippen MR) is 168 cm³/mol. The van der Waals surface area contributed by atoms with Crippen molar-refractivity contribution in [1.82, 2.24) is 0 Å². The van der Waals surface area contributed by atoms with Gasteiger partial charge >= 0.3 is 0 Å². The molecule has 0 aliphatic carbocycles. The van der Waals surface area contributed by atoms with Gasteiger partial charge < -0.3 is 14.2 Å². The Hall–Kier alpha value is -4.10. The molecule has 0 saturated heterocycles. The molecule has 0 aliphatic heterocycles. The second-order valence-electron chi connectivity index (χ2n) is 9.02. The van der Waals surface area contributed by atoms with Crippen molar-refractivity contribution in [2.45, 2.75) is 9.79 Å². The highest BCUT2D eigenvalue weighted by Crippen LogP contribution is 2.42. The van der Waals surface area contributed by atoms with E-state index in [0.717, 1.165) is 22.7 Å². The Morgan fingerprint density at radius 1 is 0.595 bits per heavy atom. The third-order valence-electron chi connectivity index (χ3n) is 6.78. The number of ether oxygens (including phenoxy) is 3. The Bertz CT molecular complexity index is 2350. The zero-order chi connectivity index (χ0) is 29.8. The van der Waals surface area contributed by atoms with Crippen molar-refractivity contribution in [3.8, 4) is 28.4 Å². The van der Waals surface area contributed by atoms with E-state index in [1.807, 2.05) is 0 Å². The van der Waals surface area contributed by atoms with E-state index < -0.39 is 33.9 Å². The molecule has 212 valence electrons. The van der Waals surface area contributed by atoms with E-state index in [9.17, 15) is 22.8 Å². The van der Waals surface area contributed by atoms with Crippen LogP contribution in [0.15, 0.2) is 90.9 Å². The maximum Gasteiger partial charge on any atom is 0.252 e. The Balaban J connectivity index is 1.80. The first-order valence-electron chi connectivity index (χ1n) is 12.3. The third kappa shape index (κ3) is 4.38. The Kier molecular flexibility index (Phi) is 7.09. The van der Waals surface area contributed by atoms with Crippen LogP contribution in [-0.2, 0) is 9.84 Å². The molecule has 0 fully saturated rings. The second-order valence-corrected chi connectivity index (χ2v) is 13.9. The molecule has 42 heavy (non-hydrogen) atoms. The van der Waals surface area contributed by atoms with E-state index in [4.69, 9.17) is 14.2 Å². The normalized spacial score (nSPS) is 11.7. The Morgan fingerprint density at radius 2 is 1.10 bits per heavy atom. The minimum absolute atomic E-state index is 0.0236. The van der Waals surface area contributed by atoms with Crippen molar-refractivity contribution in [2.75, 3.05) is 21.3 Å². The van der Waals surface area contributed by atoms with E-state index >= 15 is 0 Å². The first-order valence-corrected chi connectivity index (χ1v) is 16.2. The summed E-state index contributed by atoms with van der Waals surface area (Å²) in [6.07, 6.45) is 0. The summed E-state index contributed by atoms with van der Waals surface area (Å²) in [5.74, 6) is 1.11. The number of methoxy groups -OCH3 is 3. The van der Waals surface area contributed by atoms with Gasteiger partial charge in [0.1, 0.15) is 27.0 Å². The van der Waals surface area contributed by atoms with E-state index in [-0.39, 0.29) is 22.3 Å². The highest BCUT2D eigenvalue weighted by molar-refractivity contribution is 7.91. The van der Waals surface area contributed by atoms with Crippen molar-refractivity contribution in [3.63, 3.8) is 0 Å². The summed E-state index contributed by atoms with van der Waals surface area (Å²) < 4.78 is 45.0. The molecule has 0 amide bonds. The van der Waals surface area contributed by atoms with Crippen molar-refractivity contribution >= 4 is 74.1 Å². The lowest BCUT2D eigenvalue weighted by Crippen LogP contribution is -2.21. The summed E-state index contributed by atoms with van der Waals surface area (Å²) in [6, 6.07) is 18.0. The van der Waals surface area contributed by atoms with Gasteiger partial charge in [-0.3, -0.25) is 14.4 Å². The van der Waals surface area contributed by atoms with Gasteiger partial charge in [-0.05, 0) is 48.5 Å². The van der Waals surface area contributed by atoms with E-state index in [2.05, 4.69) is 0 Å². The molecule has 0 radical (unpaired) electrons. The number of benzene rings is 3. The zero-order valence-corrected chi connectivity index (χ0v) is 25.5. The van der Waals surface area contributed by atoms with Gasteiger partial charge in [0.05, 0.1) is 21.3 Å². The molecule has 0 saturated carbocycles. The molecule has 0 aliphatic rings. The van der Waals surface area contributed by atoms with Crippen LogP contribution >= 0.6 is 34.0 Å². The Labute approximate surface area is 250 Å². The molecule has 3 aromatic carbocycles. The fourth-order valence-corrected chi connectivity index (χ4v) is 9.74. The molecule has 6 rings (SSSR count). The minimum Gasteiger partial charge on any atom is -0.496 e. The van der Waals surface area contributed by atoms with Gasteiger partial charge in [-0.15, -0.1) is 0 Å². The lowest BCUT2D eigenvalue weighted by atomic mass is 10.0. The highest BCUT2D eigenvalue weighted by atomic mass is 32.2. The number of hydrogen-bond donors (Lipinski definition) is 0. The van der Waals surface area contributed by atoms with Crippen LogP contribution in [0.1, 0.15) is 0 Å². The number of hydrogen-bond acceptors (Lipinski definition) is 11. The van der Waals surface area contributed by atoms with Crippen LogP contribution in [0.3, 0.4) is 0 Å². The number of sulfone groups is 1. The summed E-state index contributed by atoms with van der Waals surface area (Å²) >= 11 is 2.33. The fourth-order valence-electron chi connectivity index (χ4n) is 4.91. The molecular formula is C30H20O8S4. The molecule has 0 spiro atoms. The monoisotopic (exact) mass is 636 g/mol. The second kappa shape index (κ2) is 10.6. The van der Waals surface area contributed by atoms with E-state index in [0.29, 0.717) is 47.7 Å². The van der Waals surface area contributed by atoms with Gasteiger partial charge in [-0.2, -0.15) is 0 Å². The van der Waals surface area contributed by atoms with Gasteiger partial charge in [0.25, 0.3) is 9.48 Å². The van der Waals surface area contributed by atoms with Crippen LogP contribution in [0.5, 0.6) is 17.2 Å². The maximum atomic E-state index is 14.5. The standard InChI is InChI=1S/C30H20O8S4/c1-36-18-7-4-10-21-15(18)13-17(28(31)39-21)25-26-20(38-3)9-6-12-23(26)41-30(33)27(25)42(34,35)24-14-16-19(37-2)8-5-11-22(16)40-29(24)32/h4-14H,1-3H3. The van der Waals surface area contributed by atoms with Crippen molar-refractivity contribution in [2.24, 2.45) is 0 Å². The van der Waals surface area contributed by atoms with Crippen molar-refractivity contribution < 1.29 is 22.6 Å². The molecular weight excluding hydrogens is 617 g/mol. The molecule has 3 heterocycles. The predicted octanol–water partition coefficient (Wildman–Crippen LogP) is 5.94. The summed E-state index contributed by atoms with van der Waals surface area (Å²) in [5.41, 5.74) is -0.144. The van der Waals surface area contributed by atoms with Crippen molar-refractivity contribution in [3.05, 3.63) is 95.3 Å². The number of fused-ring (bicyclic) bond motifs is 3. The van der Waals surface area contributed by atoms with Gasteiger partial charge in [0.2, 0.25) is 14.6 Å². The summed E-state index contributed by atoms with van der Waals surface area (Å²) in [4.78, 5) is 39.6. The molecule has 0 atom stereocenters. The van der Waals surface area contributed by atoms with Gasteiger partial charge in [0, 0.05) is 41.4 Å². The van der Waals surface area contributed by atoms with Crippen LogP contribution in [0.25, 0.3) is 41.4 Å². The minimum atomic E-state index is -4.78. The molecule has 8 nitrogen and oxygen atoms in total.